The minimum Gasteiger partial charge on any atom is -0.497 e. The monoisotopic (exact) mass is 277 g/mol. The molecule has 2 aromatic carbocycles. The largest absolute Gasteiger partial charge is 0.497 e. The summed E-state index contributed by atoms with van der Waals surface area (Å²) in [5, 5.41) is 0. The van der Waals surface area contributed by atoms with Crippen molar-refractivity contribution in [2.45, 2.75) is 22.8 Å². The van der Waals surface area contributed by atoms with Gasteiger partial charge in [-0.15, -0.1) is 0 Å². The molecule has 0 aliphatic carbocycles. The molecule has 0 aromatic heterocycles. The van der Waals surface area contributed by atoms with Crippen LogP contribution in [0.3, 0.4) is 0 Å². The molecule has 0 spiro atoms. The Labute approximate surface area is 116 Å². The molecule has 0 unspecified atom stereocenters. The second-order valence-corrected chi connectivity index (χ2v) is 5.31. The number of hydrogen-bond acceptors (Lipinski definition) is 3. The van der Waals surface area contributed by atoms with Crippen LogP contribution in [0.2, 0.25) is 0 Å². The van der Waals surface area contributed by atoms with Crippen LogP contribution in [0.5, 0.6) is 5.75 Å². The molecule has 0 radical (unpaired) electrons. The van der Waals surface area contributed by atoms with E-state index >= 15 is 0 Å². The Morgan fingerprint density at radius 1 is 1.16 bits per heavy atom. The first kappa shape index (κ1) is 13.9. The Morgan fingerprint density at radius 3 is 2.42 bits per heavy atom. The Bertz CT molecular complexity index is 555. The number of ether oxygens (including phenoxy) is 1. The second-order valence-electron chi connectivity index (χ2n) is 4.22. The maximum atomic E-state index is 13.9. The predicted octanol–water partition coefficient (Wildman–Crippen LogP) is 4.01. The lowest BCUT2D eigenvalue weighted by Gasteiger charge is -2.13. The van der Waals surface area contributed by atoms with Gasteiger partial charge in [0.15, 0.2) is 0 Å². The molecule has 2 N–H and O–H groups in total. The van der Waals surface area contributed by atoms with Crippen molar-refractivity contribution in [1.82, 2.24) is 0 Å². The molecule has 0 fully saturated rings. The van der Waals surface area contributed by atoms with Crippen molar-refractivity contribution < 1.29 is 9.13 Å². The summed E-state index contributed by atoms with van der Waals surface area (Å²) in [7, 11) is 1.62. The number of nitrogens with two attached hydrogens (primary N) is 1. The average Bonchev–Trinajstić information content (AvgIpc) is 2.41. The third-order valence-electron chi connectivity index (χ3n) is 2.77. The highest BCUT2D eigenvalue weighted by Crippen LogP contribution is 2.35. The molecule has 2 aromatic rings. The van der Waals surface area contributed by atoms with E-state index in [-0.39, 0.29) is 11.9 Å². The number of methoxy groups -OCH3 is 1. The Balaban J connectivity index is 2.31. The van der Waals surface area contributed by atoms with Crippen LogP contribution < -0.4 is 10.5 Å². The molecule has 1 atom stereocenters. The molecule has 0 heterocycles. The van der Waals surface area contributed by atoms with Crippen LogP contribution >= 0.6 is 11.8 Å². The smallest absolute Gasteiger partial charge is 0.137 e. The zero-order valence-corrected chi connectivity index (χ0v) is 11.7. The highest BCUT2D eigenvalue weighted by Gasteiger charge is 2.12. The zero-order valence-electron chi connectivity index (χ0n) is 10.9. The van der Waals surface area contributed by atoms with E-state index in [4.69, 9.17) is 10.5 Å². The van der Waals surface area contributed by atoms with Crippen LogP contribution in [0.25, 0.3) is 0 Å². The van der Waals surface area contributed by atoms with Crippen molar-refractivity contribution in [2.75, 3.05) is 7.11 Å². The molecule has 0 saturated heterocycles. The van der Waals surface area contributed by atoms with Gasteiger partial charge in [-0.2, -0.15) is 0 Å². The van der Waals surface area contributed by atoms with Crippen molar-refractivity contribution in [1.29, 1.82) is 0 Å². The van der Waals surface area contributed by atoms with Gasteiger partial charge in [0.1, 0.15) is 11.6 Å². The Kier molecular flexibility index (Phi) is 4.45. The van der Waals surface area contributed by atoms with E-state index in [0.29, 0.717) is 4.90 Å². The lowest BCUT2D eigenvalue weighted by Crippen LogP contribution is -2.07. The number of hydrogen-bond donors (Lipinski definition) is 1. The SMILES string of the molecule is COc1ccc(Sc2c(F)cccc2[C@@H](C)N)cc1. The van der Waals surface area contributed by atoms with Gasteiger partial charge in [-0.05, 0) is 42.8 Å². The Morgan fingerprint density at radius 2 is 1.84 bits per heavy atom. The van der Waals surface area contributed by atoms with Gasteiger partial charge in [-0.25, -0.2) is 4.39 Å². The lowest BCUT2D eigenvalue weighted by molar-refractivity contribution is 0.414. The third kappa shape index (κ3) is 3.28. The highest BCUT2D eigenvalue weighted by molar-refractivity contribution is 7.99. The molecule has 0 amide bonds. The first-order valence-corrected chi connectivity index (χ1v) is 6.79. The number of benzene rings is 2. The van der Waals surface area contributed by atoms with Crippen LogP contribution in [0.4, 0.5) is 4.39 Å². The molecule has 0 saturated carbocycles. The zero-order chi connectivity index (χ0) is 13.8. The summed E-state index contributed by atoms with van der Waals surface area (Å²) in [4.78, 5) is 1.54. The average molecular weight is 277 g/mol. The van der Waals surface area contributed by atoms with Gasteiger partial charge in [-0.3, -0.25) is 0 Å². The summed E-state index contributed by atoms with van der Waals surface area (Å²) >= 11 is 1.38. The molecule has 2 nitrogen and oxygen atoms in total. The van der Waals surface area contributed by atoms with Gasteiger partial charge in [-0.1, -0.05) is 23.9 Å². The molecule has 19 heavy (non-hydrogen) atoms. The van der Waals surface area contributed by atoms with Crippen molar-refractivity contribution >= 4 is 11.8 Å². The highest BCUT2D eigenvalue weighted by atomic mass is 32.2. The van der Waals surface area contributed by atoms with Crippen molar-refractivity contribution in [3.8, 4) is 5.75 Å². The van der Waals surface area contributed by atoms with Crippen molar-refractivity contribution in [3.05, 3.63) is 53.8 Å². The van der Waals surface area contributed by atoms with E-state index in [1.165, 1.54) is 17.8 Å². The molecule has 0 bridgehead atoms. The topological polar surface area (TPSA) is 35.2 Å². The van der Waals surface area contributed by atoms with Gasteiger partial charge in [0.25, 0.3) is 0 Å². The quantitative estimate of drug-likeness (QED) is 0.917. The lowest BCUT2D eigenvalue weighted by atomic mass is 10.1. The second kappa shape index (κ2) is 6.08. The van der Waals surface area contributed by atoms with Crippen LogP contribution in [0.1, 0.15) is 18.5 Å². The third-order valence-corrected chi connectivity index (χ3v) is 3.91. The van der Waals surface area contributed by atoms with E-state index in [1.807, 2.05) is 37.3 Å². The molecule has 0 aliphatic rings. The van der Waals surface area contributed by atoms with Gasteiger partial charge in [0.05, 0.1) is 12.0 Å². The van der Waals surface area contributed by atoms with E-state index in [2.05, 4.69) is 0 Å². The fraction of sp³-hybridized carbons (Fsp3) is 0.200. The van der Waals surface area contributed by atoms with E-state index in [1.54, 1.807) is 13.2 Å². The summed E-state index contributed by atoms with van der Waals surface area (Å²) in [6, 6.07) is 12.3. The first-order chi connectivity index (χ1) is 9.11. The predicted molar refractivity (Wildman–Crippen MR) is 76.1 cm³/mol. The normalized spacial score (nSPS) is 12.2. The van der Waals surface area contributed by atoms with Crippen molar-refractivity contribution in [2.24, 2.45) is 5.73 Å². The molecular formula is C15H16FNOS. The summed E-state index contributed by atoms with van der Waals surface area (Å²) in [6.07, 6.45) is 0. The minimum atomic E-state index is -0.240. The van der Waals surface area contributed by atoms with Crippen LogP contribution in [-0.2, 0) is 0 Å². The van der Waals surface area contributed by atoms with E-state index in [0.717, 1.165) is 16.2 Å². The van der Waals surface area contributed by atoms with Crippen LogP contribution in [-0.4, -0.2) is 7.11 Å². The van der Waals surface area contributed by atoms with Crippen molar-refractivity contribution in [3.63, 3.8) is 0 Å². The summed E-state index contributed by atoms with van der Waals surface area (Å²) < 4.78 is 19.0. The molecule has 4 heteroatoms. The Hall–Kier alpha value is -1.52. The summed E-state index contributed by atoms with van der Waals surface area (Å²) in [5.41, 5.74) is 6.70. The number of halogens is 1. The summed E-state index contributed by atoms with van der Waals surface area (Å²) in [6.45, 7) is 1.85. The maximum Gasteiger partial charge on any atom is 0.137 e. The standard InChI is InChI=1S/C15H16FNOS/c1-10(17)13-4-3-5-14(16)15(13)19-12-8-6-11(18-2)7-9-12/h3-10H,17H2,1-2H3/t10-/m1/s1. The number of rotatable bonds is 4. The van der Waals surface area contributed by atoms with Gasteiger partial charge in [0, 0.05) is 10.9 Å². The van der Waals surface area contributed by atoms with Gasteiger partial charge in [0.2, 0.25) is 0 Å². The van der Waals surface area contributed by atoms with Crippen LogP contribution in [0, 0.1) is 5.82 Å². The molecular weight excluding hydrogens is 261 g/mol. The minimum absolute atomic E-state index is 0.198. The summed E-state index contributed by atoms with van der Waals surface area (Å²) in [5.74, 6) is 0.543. The van der Waals surface area contributed by atoms with E-state index in [9.17, 15) is 4.39 Å². The van der Waals surface area contributed by atoms with E-state index < -0.39 is 0 Å². The first-order valence-electron chi connectivity index (χ1n) is 5.97. The fourth-order valence-electron chi connectivity index (χ4n) is 1.75. The van der Waals surface area contributed by atoms with Gasteiger partial charge < -0.3 is 10.5 Å². The molecule has 100 valence electrons. The fourth-order valence-corrected chi connectivity index (χ4v) is 2.80. The maximum absolute atomic E-state index is 13.9. The molecule has 0 aliphatic heterocycles. The molecule has 2 rings (SSSR count). The van der Waals surface area contributed by atoms with Gasteiger partial charge >= 0.3 is 0 Å². The van der Waals surface area contributed by atoms with Crippen LogP contribution in [0.15, 0.2) is 52.3 Å².